The molecule has 0 fully saturated rings. The minimum atomic E-state index is -0.301. The Hall–Kier alpha value is -1.90. The molecule has 2 rings (SSSR count). The lowest BCUT2D eigenvalue weighted by atomic mass is 10.0. The Bertz CT molecular complexity index is 563. The number of pyridine rings is 1. The summed E-state index contributed by atoms with van der Waals surface area (Å²) in [5.41, 5.74) is 1.45. The first-order valence-electron chi connectivity index (χ1n) is 6.22. The van der Waals surface area contributed by atoms with Crippen LogP contribution in [0.3, 0.4) is 0 Å². The monoisotopic (exact) mass is 243 g/mol. The van der Waals surface area contributed by atoms with Crippen LogP contribution in [-0.4, -0.2) is 18.1 Å². The van der Waals surface area contributed by atoms with Crippen molar-refractivity contribution in [1.82, 2.24) is 4.98 Å². The van der Waals surface area contributed by atoms with Gasteiger partial charge < -0.3 is 4.74 Å². The number of carbonyl (C=O) groups excluding carboxylic acids is 1. The van der Waals surface area contributed by atoms with Crippen molar-refractivity contribution in [3.8, 4) is 0 Å². The van der Waals surface area contributed by atoms with Gasteiger partial charge in [0.1, 0.15) is 0 Å². The van der Waals surface area contributed by atoms with Crippen LogP contribution in [0.5, 0.6) is 0 Å². The summed E-state index contributed by atoms with van der Waals surface area (Å²) in [5.74, 6) is -0.301. The number of nitrogens with zero attached hydrogens (tertiary/aromatic N) is 1. The van der Waals surface area contributed by atoms with Crippen LogP contribution < -0.4 is 0 Å². The molecule has 1 aromatic heterocycles. The van der Waals surface area contributed by atoms with Crippen molar-refractivity contribution in [2.45, 2.75) is 26.2 Å². The number of fused-ring (bicyclic) bond motifs is 1. The minimum Gasteiger partial charge on any atom is -0.465 e. The molecule has 0 aliphatic heterocycles. The first kappa shape index (κ1) is 12.6. The molecule has 2 aromatic rings. The van der Waals surface area contributed by atoms with Crippen molar-refractivity contribution in [2.75, 3.05) is 7.11 Å². The molecule has 0 amide bonds. The zero-order chi connectivity index (χ0) is 13.0. The molecular weight excluding hydrogens is 226 g/mol. The van der Waals surface area contributed by atoms with E-state index in [9.17, 15) is 4.79 Å². The summed E-state index contributed by atoms with van der Waals surface area (Å²) in [4.78, 5) is 16.4. The highest BCUT2D eigenvalue weighted by molar-refractivity contribution is 6.05. The summed E-state index contributed by atoms with van der Waals surface area (Å²) < 4.78 is 4.89. The molecule has 94 valence electrons. The highest BCUT2D eigenvalue weighted by Gasteiger charge is 2.16. The number of aromatic nitrogens is 1. The summed E-state index contributed by atoms with van der Waals surface area (Å²) in [6, 6.07) is 7.77. The topological polar surface area (TPSA) is 39.2 Å². The van der Waals surface area contributed by atoms with Crippen molar-refractivity contribution in [2.24, 2.45) is 0 Å². The Morgan fingerprint density at radius 3 is 2.83 bits per heavy atom. The molecule has 1 aromatic carbocycles. The molecule has 0 saturated heterocycles. The molecule has 18 heavy (non-hydrogen) atoms. The lowest BCUT2D eigenvalue weighted by molar-refractivity contribution is 0.0601. The van der Waals surface area contributed by atoms with E-state index in [4.69, 9.17) is 4.74 Å². The average Bonchev–Trinajstić information content (AvgIpc) is 2.43. The number of esters is 1. The number of hydrogen-bond acceptors (Lipinski definition) is 3. The summed E-state index contributed by atoms with van der Waals surface area (Å²) >= 11 is 0. The Kier molecular flexibility index (Phi) is 3.92. The van der Waals surface area contributed by atoms with Gasteiger partial charge in [-0.15, -0.1) is 0 Å². The molecule has 0 N–H and O–H groups in total. The van der Waals surface area contributed by atoms with Crippen LogP contribution in [0.2, 0.25) is 0 Å². The van der Waals surface area contributed by atoms with Crippen molar-refractivity contribution in [3.05, 3.63) is 41.7 Å². The van der Waals surface area contributed by atoms with Crippen LogP contribution >= 0.6 is 0 Å². The van der Waals surface area contributed by atoms with E-state index in [1.807, 2.05) is 30.5 Å². The van der Waals surface area contributed by atoms with E-state index in [1.165, 1.54) is 7.11 Å². The first-order chi connectivity index (χ1) is 8.77. The molecule has 1 heterocycles. The quantitative estimate of drug-likeness (QED) is 0.773. The van der Waals surface area contributed by atoms with Crippen molar-refractivity contribution < 1.29 is 9.53 Å². The Labute approximate surface area is 107 Å². The Morgan fingerprint density at radius 2 is 2.11 bits per heavy atom. The van der Waals surface area contributed by atoms with Crippen LogP contribution in [-0.2, 0) is 11.2 Å². The lowest BCUT2D eigenvalue weighted by Gasteiger charge is -2.10. The molecule has 0 aliphatic carbocycles. The van der Waals surface area contributed by atoms with Crippen molar-refractivity contribution in [3.63, 3.8) is 0 Å². The lowest BCUT2D eigenvalue weighted by Crippen LogP contribution is -2.08. The molecule has 3 heteroatoms. The molecular formula is C15H17NO2. The fourth-order valence-corrected chi connectivity index (χ4v) is 2.07. The van der Waals surface area contributed by atoms with Gasteiger partial charge in [0.25, 0.3) is 0 Å². The fraction of sp³-hybridized carbons (Fsp3) is 0.333. The average molecular weight is 243 g/mol. The third kappa shape index (κ3) is 2.35. The predicted octanol–water partition coefficient (Wildman–Crippen LogP) is 3.36. The number of rotatable bonds is 4. The largest absolute Gasteiger partial charge is 0.465 e. The number of aryl methyl sites for hydroxylation is 1. The fourth-order valence-electron chi connectivity index (χ4n) is 2.07. The molecule has 0 atom stereocenters. The SMILES string of the molecule is CCCCc1ncc2ccccc2c1C(=O)OC. The molecule has 0 unspecified atom stereocenters. The first-order valence-corrected chi connectivity index (χ1v) is 6.22. The van der Waals surface area contributed by atoms with E-state index < -0.39 is 0 Å². The van der Waals surface area contributed by atoms with Gasteiger partial charge in [0, 0.05) is 11.6 Å². The molecule has 0 saturated carbocycles. The maximum absolute atomic E-state index is 11.9. The second kappa shape index (κ2) is 5.63. The predicted molar refractivity (Wildman–Crippen MR) is 71.7 cm³/mol. The van der Waals surface area contributed by atoms with Crippen LogP contribution in [0, 0.1) is 0 Å². The number of methoxy groups -OCH3 is 1. The van der Waals surface area contributed by atoms with Crippen LogP contribution in [0.15, 0.2) is 30.5 Å². The van der Waals surface area contributed by atoms with Gasteiger partial charge in [-0.2, -0.15) is 0 Å². The minimum absolute atomic E-state index is 0.301. The Morgan fingerprint density at radius 1 is 1.33 bits per heavy atom. The molecule has 0 bridgehead atoms. The van der Waals surface area contributed by atoms with Gasteiger partial charge in [0.15, 0.2) is 0 Å². The van der Waals surface area contributed by atoms with E-state index in [2.05, 4.69) is 11.9 Å². The van der Waals surface area contributed by atoms with Gasteiger partial charge in [-0.25, -0.2) is 4.79 Å². The summed E-state index contributed by atoms with van der Waals surface area (Å²) in [7, 11) is 1.41. The maximum atomic E-state index is 11.9. The van der Waals surface area contributed by atoms with Crippen LogP contribution in [0.4, 0.5) is 0 Å². The Balaban J connectivity index is 2.59. The van der Waals surface area contributed by atoms with E-state index in [1.54, 1.807) is 0 Å². The normalized spacial score (nSPS) is 10.6. The third-order valence-electron chi connectivity index (χ3n) is 3.03. The van der Waals surface area contributed by atoms with Gasteiger partial charge >= 0.3 is 5.97 Å². The number of unbranched alkanes of at least 4 members (excludes halogenated alkanes) is 1. The standard InChI is InChI=1S/C15H17NO2/c1-3-4-9-13-14(15(17)18-2)12-8-6-5-7-11(12)10-16-13/h5-8,10H,3-4,9H2,1-2H3. The maximum Gasteiger partial charge on any atom is 0.340 e. The summed E-state index contributed by atoms with van der Waals surface area (Å²) in [5, 5.41) is 1.89. The van der Waals surface area contributed by atoms with Gasteiger partial charge in [0.2, 0.25) is 0 Å². The van der Waals surface area contributed by atoms with Gasteiger partial charge in [-0.05, 0) is 18.2 Å². The molecule has 0 spiro atoms. The van der Waals surface area contributed by atoms with E-state index >= 15 is 0 Å². The molecule has 0 aliphatic rings. The van der Waals surface area contributed by atoms with Crippen molar-refractivity contribution in [1.29, 1.82) is 0 Å². The highest BCUT2D eigenvalue weighted by atomic mass is 16.5. The number of carbonyl (C=O) groups is 1. The van der Waals surface area contributed by atoms with E-state index in [-0.39, 0.29) is 5.97 Å². The van der Waals surface area contributed by atoms with Gasteiger partial charge in [0.05, 0.1) is 18.4 Å². The molecule has 3 nitrogen and oxygen atoms in total. The second-order valence-corrected chi connectivity index (χ2v) is 4.26. The second-order valence-electron chi connectivity index (χ2n) is 4.26. The zero-order valence-electron chi connectivity index (χ0n) is 10.8. The van der Waals surface area contributed by atoms with Crippen molar-refractivity contribution >= 4 is 16.7 Å². The zero-order valence-corrected chi connectivity index (χ0v) is 10.8. The number of ether oxygens (including phenoxy) is 1. The summed E-state index contributed by atoms with van der Waals surface area (Å²) in [6.07, 6.45) is 4.74. The number of benzene rings is 1. The number of hydrogen-bond donors (Lipinski definition) is 0. The van der Waals surface area contributed by atoms with E-state index in [0.717, 1.165) is 35.7 Å². The highest BCUT2D eigenvalue weighted by Crippen LogP contribution is 2.22. The van der Waals surface area contributed by atoms with Crippen LogP contribution in [0.1, 0.15) is 35.8 Å². The smallest absolute Gasteiger partial charge is 0.340 e. The summed E-state index contributed by atoms with van der Waals surface area (Å²) in [6.45, 7) is 2.12. The van der Waals surface area contributed by atoms with Gasteiger partial charge in [-0.3, -0.25) is 4.98 Å². The van der Waals surface area contributed by atoms with Gasteiger partial charge in [-0.1, -0.05) is 37.6 Å². The van der Waals surface area contributed by atoms with Crippen LogP contribution in [0.25, 0.3) is 10.8 Å². The van der Waals surface area contributed by atoms with E-state index in [0.29, 0.717) is 5.56 Å². The molecule has 0 radical (unpaired) electrons. The third-order valence-corrected chi connectivity index (χ3v) is 3.03.